The topological polar surface area (TPSA) is 46.2 Å². The van der Waals surface area contributed by atoms with Gasteiger partial charge < -0.3 is 23.7 Å². The molecule has 0 saturated carbocycles. The van der Waals surface area contributed by atoms with E-state index in [1.807, 2.05) is 0 Å². The highest BCUT2D eigenvalue weighted by Gasteiger charge is 2.28. The highest BCUT2D eigenvalue weighted by molar-refractivity contribution is 5.32. The zero-order valence-corrected chi connectivity index (χ0v) is 16.7. The second kappa shape index (κ2) is 11.1. The van der Waals surface area contributed by atoms with E-state index in [1.165, 1.54) is 0 Å². The van der Waals surface area contributed by atoms with Crippen LogP contribution in [0.15, 0.2) is 24.3 Å². The minimum absolute atomic E-state index is 0.0650. The molecule has 5 nitrogen and oxygen atoms in total. The van der Waals surface area contributed by atoms with Crippen LogP contribution in [-0.4, -0.2) is 39.3 Å². The molecule has 168 valence electrons. The van der Waals surface area contributed by atoms with Crippen molar-refractivity contribution in [2.24, 2.45) is 11.8 Å². The maximum Gasteiger partial charge on any atom is 0.387 e. The van der Waals surface area contributed by atoms with Gasteiger partial charge in [0, 0.05) is 17.4 Å². The Morgan fingerprint density at radius 2 is 1.63 bits per heavy atom. The van der Waals surface area contributed by atoms with E-state index in [0.29, 0.717) is 32.8 Å². The van der Waals surface area contributed by atoms with Gasteiger partial charge in [-0.25, -0.2) is 8.78 Å². The maximum atomic E-state index is 13.9. The van der Waals surface area contributed by atoms with Gasteiger partial charge in [0.25, 0.3) is 0 Å². The van der Waals surface area contributed by atoms with E-state index >= 15 is 0 Å². The Morgan fingerprint density at radius 1 is 1.00 bits per heavy atom. The lowest BCUT2D eigenvalue weighted by Crippen LogP contribution is -2.33. The summed E-state index contributed by atoms with van der Waals surface area (Å²) in [5.74, 6) is -3.23. The van der Waals surface area contributed by atoms with Crippen LogP contribution in [0.25, 0.3) is 0 Å². The Balaban J connectivity index is 1.43. The van der Waals surface area contributed by atoms with Crippen molar-refractivity contribution in [1.82, 2.24) is 0 Å². The van der Waals surface area contributed by atoms with Crippen molar-refractivity contribution < 1.29 is 41.2 Å². The maximum absolute atomic E-state index is 13.9. The molecule has 2 heterocycles. The Morgan fingerprint density at radius 3 is 2.20 bits per heavy atom. The fourth-order valence-electron chi connectivity index (χ4n) is 3.36. The predicted molar refractivity (Wildman–Crippen MR) is 99.0 cm³/mol. The van der Waals surface area contributed by atoms with E-state index in [4.69, 9.17) is 18.9 Å². The Labute approximate surface area is 172 Å². The van der Waals surface area contributed by atoms with Crippen molar-refractivity contribution in [3.63, 3.8) is 0 Å². The van der Waals surface area contributed by atoms with Crippen molar-refractivity contribution in [3.8, 4) is 5.75 Å². The first kappa shape index (κ1) is 23.0. The third-order valence-electron chi connectivity index (χ3n) is 4.91. The molecule has 0 amide bonds. The normalized spacial score (nSPS) is 27.7. The number of allylic oxidation sites excluding steroid dienone is 1. The number of halogens is 4. The highest BCUT2D eigenvalue weighted by atomic mass is 19.3. The predicted octanol–water partition coefficient (Wildman–Crippen LogP) is 4.96. The molecule has 3 rings (SSSR count). The van der Waals surface area contributed by atoms with E-state index in [1.54, 1.807) is 0 Å². The molecule has 0 aromatic heterocycles. The fraction of sp³-hybridized carbons (Fsp3) is 0.619. The molecule has 2 fully saturated rings. The van der Waals surface area contributed by atoms with Gasteiger partial charge in [-0.15, -0.1) is 0 Å². The molecular weight excluding hydrogens is 408 g/mol. The second-order valence-electron chi connectivity index (χ2n) is 7.33. The van der Waals surface area contributed by atoms with Crippen LogP contribution < -0.4 is 4.74 Å². The minimum atomic E-state index is -3.32. The van der Waals surface area contributed by atoms with E-state index in [-0.39, 0.29) is 23.7 Å². The van der Waals surface area contributed by atoms with Gasteiger partial charge in [-0.2, -0.15) is 8.78 Å². The first-order valence-corrected chi connectivity index (χ1v) is 10.0. The highest BCUT2D eigenvalue weighted by Crippen LogP contribution is 2.32. The van der Waals surface area contributed by atoms with Crippen LogP contribution in [0.4, 0.5) is 17.6 Å². The fourth-order valence-corrected chi connectivity index (χ4v) is 3.36. The van der Waals surface area contributed by atoms with Crippen LogP contribution in [-0.2, 0) is 18.9 Å². The molecule has 2 aliphatic rings. The lowest BCUT2D eigenvalue weighted by atomic mass is 10.0. The molecule has 0 bridgehead atoms. The molecule has 0 radical (unpaired) electrons. The molecule has 0 aliphatic carbocycles. The van der Waals surface area contributed by atoms with Crippen molar-refractivity contribution >= 4 is 0 Å². The smallest absolute Gasteiger partial charge is 0.387 e. The van der Waals surface area contributed by atoms with Crippen molar-refractivity contribution in [2.75, 3.05) is 26.4 Å². The summed E-state index contributed by atoms with van der Waals surface area (Å²) < 4.78 is 78.7. The number of alkyl halides is 2. The SMILES string of the molecule is CC/C=C/C1COC(CC[C@H]2CO[C@H](c3cc(F)c(OC(F)F)c(F)c3)OC2)OC1. The van der Waals surface area contributed by atoms with Gasteiger partial charge in [0.15, 0.2) is 30.0 Å². The minimum Gasteiger partial charge on any atom is -0.429 e. The average Bonchev–Trinajstić information content (AvgIpc) is 2.74. The Hall–Kier alpha value is -1.68. The molecule has 0 N–H and O–H groups in total. The molecule has 0 unspecified atom stereocenters. The molecular formula is C21H26F4O5. The monoisotopic (exact) mass is 434 g/mol. The van der Waals surface area contributed by atoms with Gasteiger partial charge in [0.1, 0.15) is 0 Å². The van der Waals surface area contributed by atoms with Gasteiger partial charge in [-0.05, 0) is 31.4 Å². The summed E-state index contributed by atoms with van der Waals surface area (Å²) in [5, 5.41) is 0. The van der Waals surface area contributed by atoms with E-state index in [9.17, 15) is 17.6 Å². The van der Waals surface area contributed by atoms with Gasteiger partial charge >= 0.3 is 6.61 Å². The lowest BCUT2D eigenvalue weighted by Gasteiger charge is -2.32. The summed E-state index contributed by atoms with van der Waals surface area (Å²) in [6.45, 7) is 0.674. The molecule has 1 aromatic carbocycles. The Kier molecular flexibility index (Phi) is 8.50. The largest absolute Gasteiger partial charge is 0.429 e. The van der Waals surface area contributed by atoms with Crippen LogP contribution in [0.1, 0.15) is 38.0 Å². The summed E-state index contributed by atoms with van der Waals surface area (Å²) in [5.41, 5.74) is 0.0650. The van der Waals surface area contributed by atoms with Gasteiger partial charge in [0.05, 0.1) is 26.4 Å². The molecule has 2 aliphatic heterocycles. The number of hydrogen-bond acceptors (Lipinski definition) is 5. The van der Waals surface area contributed by atoms with Gasteiger partial charge in [0.2, 0.25) is 0 Å². The third kappa shape index (κ3) is 6.41. The van der Waals surface area contributed by atoms with Gasteiger partial charge in [-0.1, -0.05) is 19.1 Å². The van der Waals surface area contributed by atoms with Crippen LogP contribution in [0.5, 0.6) is 5.75 Å². The van der Waals surface area contributed by atoms with Crippen LogP contribution in [0.2, 0.25) is 0 Å². The van der Waals surface area contributed by atoms with Crippen LogP contribution in [0, 0.1) is 23.5 Å². The van der Waals surface area contributed by atoms with Gasteiger partial charge in [-0.3, -0.25) is 0 Å². The van der Waals surface area contributed by atoms with Crippen LogP contribution >= 0.6 is 0 Å². The first-order valence-electron chi connectivity index (χ1n) is 10.0. The molecule has 2 saturated heterocycles. The number of hydrogen-bond donors (Lipinski definition) is 0. The summed E-state index contributed by atoms with van der Waals surface area (Å²) in [7, 11) is 0. The quantitative estimate of drug-likeness (QED) is 0.427. The summed E-state index contributed by atoms with van der Waals surface area (Å²) in [4.78, 5) is 0. The van der Waals surface area contributed by atoms with Crippen molar-refractivity contribution in [3.05, 3.63) is 41.5 Å². The lowest BCUT2D eigenvalue weighted by molar-refractivity contribution is -0.217. The number of ether oxygens (including phenoxy) is 5. The first-order chi connectivity index (χ1) is 14.5. The molecule has 9 heteroatoms. The summed E-state index contributed by atoms with van der Waals surface area (Å²) in [6.07, 6.45) is 5.39. The molecule has 0 atom stereocenters. The molecule has 0 spiro atoms. The summed E-state index contributed by atoms with van der Waals surface area (Å²) in [6, 6.07) is 1.75. The third-order valence-corrected chi connectivity index (χ3v) is 4.91. The van der Waals surface area contributed by atoms with E-state index in [2.05, 4.69) is 23.8 Å². The van der Waals surface area contributed by atoms with Crippen molar-refractivity contribution in [2.45, 2.75) is 45.4 Å². The standard InChI is InChI=1S/C21H26F4O5/c1-2-3-4-13-9-26-18(27-10-13)6-5-14-11-28-20(29-12-14)15-7-16(22)19(17(23)8-15)30-21(24)25/h3-4,7-8,13-14,18,20-21H,2,5-6,9-12H2,1H3/b4-3+/t13?,14-,18?,20-. The Bertz CT molecular complexity index is 676. The zero-order valence-electron chi connectivity index (χ0n) is 16.7. The van der Waals surface area contributed by atoms with E-state index in [0.717, 1.165) is 25.0 Å². The second-order valence-corrected chi connectivity index (χ2v) is 7.33. The molecule has 30 heavy (non-hydrogen) atoms. The number of rotatable bonds is 8. The molecule has 1 aromatic rings. The zero-order chi connectivity index (χ0) is 21.5. The van der Waals surface area contributed by atoms with Crippen LogP contribution in [0.3, 0.4) is 0 Å². The van der Waals surface area contributed by atoms with E-state index < -0.39 is 30.3 Å². The number of benzene rings is 1. The average molecular weight is 434 g/mol. The summed E-state index contributed by atoms with van der Waals surface area (Å²) >= 11 is 0. The van der Waals surface area contributed by atoms with Crippen molar-refractivity contribution in [1.29, 1.82) is 0 Å².